The van der Waals surface area contributed by atoms with E-state index in [4.69, 9.17) is 4.74 Å². The monoisotopic (exact) mass is 244 g/mol. The molecular formula is C14H16N2O2. The lowest BCUT2D eigenvalue weighted by atomic mass is 10.0. The van der Waals surface area contributed by atoms with Gasteiger partial charge < -0.3 is 9.72 Å². The predicted molar refractivity (Wildman–Crippen MR) is 71.0 cm³/mol. The van der Waals surface area contributed by atoms with E-state index < -0.39 is 0 Å². The minimum atomic E-state index is -0.339. The third kappa shape index (κ3) is 2.42. The van der Waals surface area contributed by atoms with Crippen LogP contribution in [-0.2, 0) is 6.42 Å². The zero-order chi connectivity index (χ0) is 13.1. The highest BCUT2D eigenvalue weighted by molar-refractivity contribution is 5.68. The van der Waals surface area contributed by atoms with E-state index in [2.05, 4.69) is 16.9 Å². The smallest absolute Gasteiger partial charge is 0.345 e. The van der Waals surface area contributed by atoms with Gasteiger partial charge in [0.1, 0.15) is 5.75 Å². The number of aromatic amines is 1. The first-order valence-electron chi connectivity index (χ1n) is 5.89. The molecule has 94 valence electrons. The first kappa shape index (κ1) is 12.4. The summed E-state index contributed by atoms with van der Waals surface area (Å²) in [5.74, 6) is 0.727. The van der Waals surface area contributed by atoms with Gasteiger partial charge in [0.15, 0.2) is 0 Å². The van der Waals surface area contributed by atoms with Crippen LogP contribution in [0.3, 0.4) is 0 Å². The number of hydrogen-bond acceptors (Lipinski definition) is 3. The van der Waals surface area contributed by atoms with Crippen molar-refractivity contribution >= 4 is 0 Å². The minimum Gasteiger partial charge on any atom is -0.496 e. The molecule has 0 saturated heterocycles. The van der Waals surface area contributed by atoms with Gasteiger partial charge in [-0.15, -0.1) is 0 Å². The predicted octanol–water partition coefficient (Wildman–Crippen LogP) is 2.32. The van der Waals surface area contributed by atoms with Crippen molar-refractivity contribution in [2.24, 2.45) is 0 Å². The number of aromatic nitrogens is 2. The lowest BCUT2D eigenvalue weighted by Gasteiger charge is -2.09. The van der Waals surface area contributed by atoms with Crippen LogP contribution in [-0.4, -0.2) is 17.1 Å². The van der Waals surface area contributed by atoms with Crippen molar-refractivity contribution in [3.05, 3.63) is 46.0 Å². The lowest BCUT2D eigenvalue weighted by molar-refractivity contribution is 0.416. The Morgan fingerprint density at radius 3 is 2.72 bits per heavy atom. The third-order valence-electron chi connectivity index (χ3n) is 2.83. The van der Waals surface area contributed by atoms with Crippen LogP contribution in [0.5, 0.6) is 5.75 Å². The zero-order valence-electron chi connectivity index (χ0n) is 10.8. The summed E-state index contributed by atoms with van der Waals surface area (Å²) in [6, 6.07) is 7.79. The van der Waals surface area contributed by atoms with Crippen molar-refractivity contribution in [2.45, 2.75) is 20.3 Å². The fourth-order valence-corrected chi connectivity index (χ4v) is 1.89. The molecule has 0 atom stereocenters. The highest BCUT2D eigenvalue weighted by Crippen LogP contribution is 2.29. The largest absolute Gasteiger partial charge is 0.496 e. The quantitative estimate of drug-likeness (QED) is 0.901. The van der Waals surface area contributed by atoms with E-state index in [9.17, 15) is 4.79 Å². The molecule has 0 radical (unpaired) electrons. The van der Waals surface area contributed by atoms with Gasteiger partial charge >= 0.3 is 5.69 Å². The van der Waals surface area contributed by atoms with Crippen LogP contribution < -0.4 is 10.4 Å². The Balaban J connectivity index is 2.64. The summed E-state index contributed by atoms with van der Waals surface area (Å²) in [5, 5.41) is 0. The summed E-state index contributed by atoms with van der Waals surface area (Å²) in [6.45, 7) is 3.92. The number of aryl methyl sites for hydroxylation is 2. The number of rotatable bonds is 3. The fourth-order valence-electron chi connectivity index (χ4n) is 1.89. The number of H-pyrrole nitrogens is 1. The van der Waals surface area contributed by atoms with Crippen LogP contribution in [0.15, 0.2) is 29.1 Å². The maximum absolute atomic E-state index is 11.4. The second-order valence-electron chi connectivity index (χ2n) is 4.14. The molecule has 2 rings (SSSR count). The van der Waals surface area contributed by atoms with Crippen molar-refractivity contribution in [3.63, 3.8) is 0 Å². The highest BCUT2D eigenvalue weighted by Gasteiger charge is 2.09. The van der Waals surface area contributed by atoms with Crippen molar-refractivity contribution in [1.82, 2.24) is 9.97 Å². The Kier molecular flexibility index (Phi) is 3.46. The second-order valence-corrected chi connectivity index (χ2v) is 4.14. The first-order chi connectivity index (χ1) is 8.63. The van der Waals surface area contributed by atoms with Gasteiger partial charge in [-0.3, -0.25) is 0 Å². The van der Waals surface area contributed by atoms with E-state index in [0.29, 0.717) is 5.69 Å². The molecule has 4 nitrogen and oxygen atoms in total. The summed E-state index contributed by atoms with van der Waals surface area (Å²) >= 11 is 0. The van der Waals surface area contributed by atoms with E-state index >= 15 is 0 Å². The second kappa shape index (κ2) is 5.04. The Labute approximate surface area is 106 Å². The Hall–Kier alpha value is -2.10. The molecule has 0 bridgehead atoms. The van der Waals surface area contributed by atoms with Crippen LogP contribution in [0.25, 0.3) is 11.3 Å². The van der Waals surface area contributed by atoms with E-state index in [-0.39, 0.29) is 5.69 Å². The van der Waals surface area contributed by atoms with Crippen molar-refractivity contribution in [2.75, 3.05) is 7.11 Å². The SMILES string of the molecule is CCc1ccc(OC)c(-c2cc(C)[nH]c(=O)n2)c1. The van der Waals surface area contributed by atoms with Crippen LogP contribution in [0.2, 0.25) is 0 Å². The summed E-state index contributed by atoms with van der Waals surface area (Å²) in [4.78, 5) is 18.1. The molecule has 1 aromatic carbocycles. The van der Waals surface area contributed by atoms with Gasteiger partial charge in [0.05, 0.1) is 12.8 Å². The number of hydrogen-bond donors (Lipinski definition) is 1. The molecule has 18 heavy (non-hydrogen) atoms. The first-order valence-corrected chi connectivity index (χ1v) is 5.89. The van der Waals surface area contributed by atoms with Crippen molar-refractivity contribution < 1.29 is 4.74 Å². The van der Waals surface area contributed by atoms with Gasteiger partial charge in [0, 0.05) is 11.3 Å². The normalized spacial score (nSPS) is 10.4. The molecule has 0 spiro atoms. The molecule has 0 aliphatic carbocycles. The molecule has 0 fully saturated rings. The summed E-state index contributed by atoms with van der Waals surface area (Å²) in [6.07, 6.45) is 0.930. The van der Waals surface area contributed by atoms with Gasteiger partial charge in [-0.25, -0.2) is 4.79 Å². The average Bonchev–Trinajstić information content (AvgIpc) is 2.36. The van der Waals surface area contributed by atoms with Crippen LogP contribution in [0.1, 0.15) is 18.2 Å². The maximum atomic E-state index is 11.4. The van der Waals surface area contributed by atoms with Gasteiger partial charge in [-0.1, -0.05) is 13.0 Å². The van der Waals surface area contributed by atoms with Gasteiger partial charge in [-0.05, 0) is 37.1 Å². The molecule has 1 heterocycles. The number of nitrogens with zero attached hydrogens (tertiary/aromatic N) is 1. The third-order valence-corrected chi connectivity index (χ3v) is 2.83. The average molecular weight is 244 g/mol. The molecule has 1 N–H and O–H groups in total. The Bertz CT molecular complexity index is 617. The van der Waals surface area contributed by atoms with Crippen molar-refractivity contribution in [1.29, 1.82) is 0 Å². The molecule has 2 aromatic rings. The van der Waals surface area contributed by atoms with Crippen LogP contribution >= 0.6 is 0 Å². The number of methoxy groups -OCH3 is 1. The summed E-state index contributed by atoms with van der Waals surface area (Å²) < 4.78 is 5.33. The number of nitrogens with one attached hydrogen (secondary N) is 1. The van der Waals surface area contributed by atoms with Gasteiger partial charge in [-0.2, -0.15) is 4.98 Å². The van der Waals surface area contributed by atoms with Gasteiger partial charge in [0.2, 0.25) is 0 Å². The minimum absolute atomic E-state index is 0.339. The number of ether oxygens (including phenoxy) is 1. The van der Waals surface area contributed by atoms with E-state index in [0.717, 1.165) is 23.4 Å². The molecular weight excluding hydrogens is 228 g/mol. The highest BCUT2D eigenvalue weighted by atomic mass is 16.5. The van der Waals surface area contributed by atoms with Crippen LogP contribution in [0.4, 0.5) is 0 Å². The number of benzene rings is 1. The van der Waals surface area contributed by atoms with E-state index in [1.807, 2.05) is 31.2 Å². The van der Waals surface area contributed by atoms with E-state index in [1.165, 1.54) is 5.56 Å². The van der Waals surface area contributed by atoms with Crippen molar-refractivity contribution in [3.8, 4) is 17.0 Å². The lowest BCUT2D eigenvalue weighted by Crippen LogP contribution is -2.12. The zero-order valence-corrected chi connectivity index (χ0v) is 10.8. The molecule has 0 amide bonds. The molecule has 0 saturated carbocycles. The van der Waals surface area contributed by atoms with Gasteiger partial charge in [0.25, 0.3) is 0 Å². The molecule has 0 unspecified atom stereocenters. The maximum Gasteiger partial charge on any atom is 0.345 e. The Morgan fingerprint density at radius 1 is 1.33 bits per heavy atom. The summed E-state index contributed by atoms with van der Waals surface area (Å²) in [7, 11) is 1.62. The van der Waals surface area contributed by atoms with Crippen LogP contribution in [0, 0.1) is 6.92 Å². The molecule has 1 aromatic heterocycles. The molecule has 0 aliphatic rings. The summed E-state index contributed by atoms with van der Waals surface area (Å²) in [5.41, 5.74) is 3.13. The standard InChI is InChI=1S/C14H16N2O2/c1-4-10-5-6-13(18-3)11(8-10)12-7-9(2)15-14(17)16-12/h5-8H,4H2,1-3H3,(H,15,16,17). The Morgan fingerprint density at radius 2 is 2.11 bits per heavy atom. The molecule has 4 heteroatoms. The van der Waals surface area contributed by atoms with E-state index in [1.54, 1.807) is 7.11 Å². The topological polar surface area (TPSA) is 55.0 Å². The molecule has 0 aliphatic heterocycles. The fraction of sp³-hybridized carbons (Fsp3) is 0.286.